The Morgan fingerprint density at radius 1 is 1.04 bits per heavy atom. The molecule has 0 bridgehead atoms. The number of carbonyl (C=O) groups excluding carboxylic acids is 2. The van der Waals surface area contributed by atoms with Crippen molar-refractivity contribution in [3.63, 3.8) is 0 Å². The Bertz CT molecular complexity index is 733. The van der Waals surface area contributed by atoms with E-state index in [-0.39, 0.29) is 11.9 Å². The van der Waals surface area contributed by atoms with Crippen LogP contribution in [0.2, 0.25) is 0 Å². The molecule has 2 rings (SSSR count). The summed E-state index contributed by atoms with van der Waals surface area (Å²) in [5.41, 5.74) is 3.85. The molecule has 23 heavy (non-hydrogen) atoms. The average Bonchev–Trinajstić information content (AvgIpc) is 2.54. The van der Waals surface area contributed by atoms with Gasteiger partial charge in [0.1, 0.15) is 0 Å². The SMILES string of the molecule is C=C(c1ccc(C(=O)OCC)cc1)c1cccc(NC(C)=O)c1. The molecule has 0 radical (unpaired) electrons. The normalized spacial score (nSPS) is 10.0. The summed E-state index contributed by atoms with van der Waals surface area (Å²) in [4.78, 5) is 22.8. The topological polar surface area (TPSA) is 55.4 Å². The van der Waals surface area contributed by atoms with Crippen LogP contribution in [-0.2, 0) is 9.53 Å². The molecular weight excluding hydrogens is 290 g/mol. The first kappa shape index (κ1) is 16.5. The highest BCUT2D eigenvalue weighted by molar-refractivity contribution is 5.91. The van der Waals surface area contributed by atoms with Gasteiger partial charge in [-0.3, -0.25) is 4.79 Å². The maximum atomic E-state index is 11.7. The highest BCUT2D eigenvalue weighted by Gasteiger charge is 2.08. The van der Waals surface area contributed by atoms with E-state index in [1.807, 2.05) is 36.4 Å². The minimum absolute atomic E-state index is 0.119. The first-order valence-electron chi connectivity index (χ1n) is 7.35. The number of amides is 1. The summed E-state index contributed by atoms with van der Waals surface area (Å²) in [6.45, 7) is 7.69. The van der Waals surface area contributed by atoms with E-state index in [0.29, 0.717) is 12.2 Å². The lowest BCUT2D eigenvalue weighted by molar-refractivity contribution is -0.114. The molecule has 0 heterocycles. The van der Waals surface area contributed by atoms with Crippen LogP contribution in [0.4, 0.5) is 5.69 Å². The number of rotatable bonds is 5. The molecule has 1 amide bonds. The molecule has 0 fully saturated rings. The zero-order valence-electron chi connectivity index (χ0n) is 13.3. The van der Waals surface area contributed by atoms with Crippen molar-refractivity contribution in [3.8, 4) is 0 Å². The van der Waals surface area contributed by atoms with Crippen LogP contribution in [0, 0.1) is 0 Å². The highest BCUT2D eigenvalue weighted by atomic mass is 16.5. The number of benzene rings is 2. The van der Waals surface area contributed by atoms with Crippen LogP contribution in [0.25, 0.3) is 5.57 Å². The van der Waals surface area contributed by atoms with Crippen LogP contribution in [-0.4, -0.2) is 18.5 Å². The van der Waals surface area contributed by atoms with E-state index < -0.39 is 0 Å². The minimum Gasteiger partial charge on any atom is -0.462 e. The first-order valence-corrected chi connectivity index (χ1v) is 7.35. The van der Waals surface area contributed by atoms with E-state index in [1.165, 1.54) is 6.92 Å². The number of hydrogen-bond acceptors (Lipinski definition) is 3. The van der Waals surface area contributed by atoms with Gasteiger partial charge in [0.05, 0.1) is 12.2 Å². The maximum Gasteiger partial charge on any atom is 0.338 e. The molecule has 4 nitrogen and oxygen atoms in total. The lowest BCUT2D eigenvalue weighted by Crippen LogP contribution is -2.06. The molecule has 2 aromatic carbocycles. The Labute approximate surface area is 135 Å². The Balaban J connectivity index is 2.20. The van der Waals surface area contributed by atoms with Crippen LogP contribution >= 0.6 is 0 Å². The molecule has 0 aliphatic carbocycles. The summed E-state index contributed by atoms with van der Waals surface area (Å²) in [7, 11) is 0. The highest BCUT2D eigenvalue weighted by Crippen LogP contribution is 2.24. The predicted molar refractivity (Wildman–Crippen MR) is 91.3 cm³/mol. The molecule has 0 saturated heterocycles. The second kappa shape index (κ2) is 7.40. The molecule has 2 aromatic rings. The van der Waals surface area contributed by atoms with Crippen molar-refractivity contribution < 1.29 is 14.3 Å². The van der Waals surface area contributed by atoms with Gasteiger partial charge < -0.3 is 10.1 Å². The molecule has 0 atom stereocenters. The van der Waals surface area contributed by atoms with Crippen molar-refractivity contribution in [2.24, 2.45) is 0 Å². The molecule has 0 unspecified atom stereocenters. The smallest absolute Gasteiger partial charge is 0.338 e. The van der Waals surface area contributed by atoms with Crippen molar-refractivity contribution in [1.82, 2.24) is 0 Å². The summed E-state index contributed by atoms with van der Waals surface area (Å²) in [6.07, 6.45) is 0. The van der Waals surface area contributed by atoms with Gasteiger partial charge in [0.25, 0.3) is 0 Å². The van der Waals surface area contributed by atoms with E-state index in [9.17, 15) is 9.59 Å². The lowest BCUT2D eigenvalue weighted by atomic mass is 9.98. The van der Waals surface area contributed by atoms with Gasteiger partial charge in [0.2, 0.25) is 5.91 Å². The third kappa shape index (κ3) is 4.30. The molecule has 0 aliphatic rings. The summed E-state index contributed by atoms with van der Waals surface area (Å²) < 4.78 is 4.96. The molecule has 0 saturated carbocycles. The molecule has 1 N–H and O–H groups in total. The summed E-state index contributed by atoms with van der Waals surface area (Å²) in [6, 6.07) is 14.6. The van der Waals surface area contributed by atoms with Gasteiger partial charge in [-0.15, -0.1) is 0 Å². The molecule has 0 aromatic heterocycles. The van der Waals surface area contributed by atoms with Crippen LogP contribution in [0.1, 0.15) is 35.3 Å². The Kier molecular flexibility index (Phi) is 5.31. The van der Waals surface area contributed by atoms with Gasteiger partial charge in [0.15, 0.2) is 0 Å². The first-order chi connectivity index (χ1) is 11.0. The van der Waals surface area contributed by atoms with Crippen molar-refractivity contribution >= 4 is 23.1 Å². The van der Waals surface area contributed by atoms with Gasteiger partial charge in [-0.05, 0) is 47.9 Å². The van der Waals surface area contributed by atoms with Crippen molar-refractivity contribution in [1.29, 1.82) is 0 Å². The monoisotopic (exact) mass is 309 g/mol. The Hall–Kier alpha value is -2.88. The zero-order chi connectivity index (χ0) is 16.8. The minimum atomic E-state index is -0.336. The van der Waals surface area contributed by atoms with E-state index in [4.69, 9.17) is 4.74 Å². The zero-order valence-corrected chi connectivity index (χ0v) is 13.3. The van der Waals surface area contributed by atoms with Gasteiger partial charge in [0, 0.05) is 12.6 Å². The summed E-state index contributed by atoms with van der Waals surface area (Å²) in [5.74, 6) is -0.455. The second-order valence-electron chi connectivity index (χ2n) is 5.04. The van der Waals surface area contributed by atoms with E-state index in [0.717, 1.165) is 22.4 Å². The third-order valence-electron chi connectivity index (χ3n) is 3.28. The maximum absolute atomic E-state index is 11.7. The van der Waals surface area contributed by atoms with Gasteiger partial charge in [-0.1, -0.05) is 30.8 Å². The van der Waals surface area contributed by atoms with Crippen LogP contribution in [0.5, 0.6) is 0 Å². The Morgan fingerprint density at radius 2 is 1.70 bits per heavy atom. The van der Waals surface area contributed by atoms with Crippen molar-refractivity contribution in [3.05, 3.63) is 71.8 Å². The van der Waals surface area contributed by atoms with E-state index >= 15 is 0 Å². The van der Waals surface area contributed by atoms with Gasteiger partial charge >= 0.3 is 5.97 Å². The third-order valence-corrected chi connectivity index (χ3v) is 3.28. The molecular formula is C19H19NO3. The van der Waals surface area contributed by atoms with Crippen LogP contribution in [0.15, 0.2) is 55.1 Å². The number of anilines is 1. The van der Waals surface area contributed by atoms with Crippen LogP contribution in [0.3, 0.4) is 0 Å². The molecule has 0 spiro atoms. The largest absolute Gasteiger partial charge is 0.462 e. The van der Waals surface area contributed by atoms with Gasteiger partial charge in [-0.25, -0.2) is 4.79 Å². The van der Waals surface area contributed by atoms with E-state index in [1.54, 1.807) is 19.1 Å². The fourth-order valence-electron chi connectivity index (χ4n) is 2.18. The van der Waals surface area contributed by atoms with Crippen molar-refractivity contribution in [2.45, 2.75) is 13.8 Å². The average molecular weight is 309 g/mol. The number of hydrogen-bond donors (Lipinski definition) is 1. The predicted octanol–water partition coefficient (Wildman–Crippen LogP) is 3.88. The fourth-order valence-corrected chi connectivity index (χ4v) is 2.18. The number of nitrogens with one attached hydrogen (secondary N) is 1. The second-order valence-corrected chi connectivity index (χ2v) is 5.04. The van der Waals surface area contributed by atoms with Crippen molar-refractivity contribution in [2.75, 3.05) is 11.9 Å². The van der Waals surface area contributed by atoms with E-state index in [2.05, 4.69) is 11.9 Å². The molecule has 0 aliphatic heterocycles. The fraction of sp³-hybridized carbons (Fsp3) is 0.158. The number of ether oxygens (including phenoxy) is 1. The number of esters is 1. The summed E-state index contributed by atoms with van der Waals surface area (Å²) >= 11 is 0. The number of carbonyl (C=O) groups is 2. The summed E-state index contributed by atoms with van der Waals surface area (Å²) in [5, 5.41) is 2.75. The Morgan fingerprint density at radius 3 is 2.30 bits per heavy atom. The quantitative estimate of drug-likeness (QED) is 0.853. The van der Waals surface area contributed by atoms with Crippen LogP contribution < -0.4 is 5.32 Å². The molecule has 118 valence electrons. The van der Waals surface area contributed by atoms with Gasteiger partial charge in [-0.2, -0.15) is 0 Å². The standard InChI is InChI=1S/C19H19NO3/c1-4-23-19(22)16-10-8-15(9-11-16)13(2)17-6-5-7-18(12-17)20-14(3)21/h5-12H,2,4H2,1,3H3,(H,20,21). The lowest BCUT2D eigenvalue weighted by Gasteiger charge is -2.10. The molecule has 4 heteroatoms.